The number of rotatable bonds is 8. The van der Waals surface area contributed by atoms with Gasteiger partial charge in [-0.25, -0.2) is 4.84 Å². The second kappa shape index (κ2) is 6.29. The van der Waals surface area contributed by atoms with Crippen LogP contribution in [0.3, 0.4) is 0 Å². The quantitative estimate of drug-likeness (QED) is 0.363. The van der Waals surface area contributed by atoms with E-state index in [1.165, 1.54) is 13.8 Å². The predicted octanol–water partition coefficient (Wildman–Crippen LogP) is 1.38. The summed E-state index contributed by atoms with van der Waals surface area (Å²) >= 11 is 0. The van der Waals surface area contributed by atoms with Gasteiger partial charge in [0.1, 0.15) is 21.9 Å². The van der Waals surface area contributed by atoms with Crippen LogP contribution in [0.4, 0.5) is 0 Å². The SMILES string of the molecule is CCC(C)(C[N+](=O)[O-])ON1OC(C)(CC)CC1([N+](=O)[O-])[N+](=O)[O-]. The average Bonchev–Trinajstić information content (AvgIpc) is 2.72. The van der Waals surface area contributed by atoms with Crippen molar-refractivity contribution in [2.24, 2.45) is 0 Å². The molecule has 1 saturated heterocycles. The first-order valence-electron chi connectivity index (χ1n) is 7.04. The van der Waals surface area contributed by atoms with E-state index in [0.717, 1.165) is 0 Å². The highest BCUT2D eigenvalue weighted by Gasteiger charge is 2.74. The molecule has 1 aliphatic heterocycles. The van der Waals surface area contributed by atoms with Gasteiger partial charge >= 0.3 is 5.79 Å². The van der Waals surface area contributed by atoms with Crippen molar-refractivity contribution in [3.8, 4) is 0 Å². The Bertz CT molecular complexity index is 500. The minimum Gasteiger partial charge on any atom is -0.264 e. The molecule has 0 saturated carbocycles. The molecule has 23 heavy (non-hydrogen) atoms. The van der Waals surface area contributed by atoms with E-state index in [-0.39, 0.29) is 18.1 Å². The Kier molecular flexibility index (Phi) is 5.23. The summed E-state index contributed by atoms with van der Waals surface area (Å²) in [5, 5.41) is 33.8. The lowest BCUT2D eigenvalue weighted by molar-refractivity contribution is -0.853. The summed E-state index contributed by atoms with van der Waals surface area (Å²) in [5.41, 5.74) is -2.68. The van der Waals surface area contributed by atoms with E-state index in [0.29, 0.717) is 0 Å². The standard InChI is InChI=1S/C11H20N4O8/c1-5-9(3)7-11(13(18)19,14(20)21)15(22-9)23-10(4,6-2)8-12(16)17/h5-8H2,1-4H3. The van der Waals surface area contributed by atoms with E-state index < -0.39 is 44.7 Å². The van der Waals surface area contributed by atoms with Crippen LogP contribution in [0.1, 0.15) is 47.0 Å². The van der Waals surface area contributed by atoms with Gasteiger partial charge in [0.25, 0.3) is 0 Å². The Balaban J connectivity index is 3.25. The van der Waals surface area contributed by atoms with Gasteiger partial charge in [0, 0.05) is 4.92 Å². The lowest BCUT2D eigenvalue weighted by Gasteiger charge is -2.29. The lowest BCUT2D eigenvalue weighted by Crippen LogP contribution is -2.58. The maximum Gasteiger partial charge on any atom is 0.569 e. The smallest absolute Gasteiger partial charge is 0.264 e. The minimum atomic E-state index is -2.85. The Morgan fingerprint density at radius 2 is 1.74 bits per heavy atom. The maximum absolute atomic E-state index is 11.4. The monoisotopic (exact) mass is 336 g/mol. The molecule has 0 aromatic heterocycles. The third kappa shape index (κ3) is 3.54. The van der Waals surface area contributed by atoms with Gasteiger partial charge in [-0.15, -0.1) is 0 Å². The molecule has 132 valence electrons. The molecular formula is C11H20N4O8. The fourth-order valence-corrected chi connectivity index (χ4v) is 2.16. The molecule has 2 unspecified atom stereocenters. The van der Waals surface area contributed by atoms with Crippen LogP contribution < -0.4 is 0 Å². The van der Waals surface area contributed by atoms with Crippen LogP contribution in [0, 0.1) is 30.3 Å². The normalized spacial score (nSPS) is 26.6. The number of nitrogens with zero attached hydrogens (tertiary/aromatic N) is 4. The van der Waals surface area contributed by atoms with Crippen molar-refractivity contribution in [2.45, 2.75) is 63.9 Å². The van der Waals surface area contributed by atoms with Gasteiger partial charge < -0.3 is 0 Å². The molecule has 1 fully saturated rings. The molecule has 0 spiro atoms. The molecule has 2 atom stereocenters. The Labute approximate surface area is 131 Å². The predicted molar refractivity (Wildman–Crippen MR) is 74.6 cm³/mol. The lowest BCUT2D eigenvalue weighted by atomic mass is 9.96. The van der Waals surface area contributed by atoms with Crippen LogP contribution in [0.25, 0.3) is 0 Å². The third-order valence-electron chi connectivity index (χ3n) is 4.05. The first kappa shape index (κ1) is 19.1. The Morgan fingerprint density at radius 1 is 1.22 bits per heavy atom. The van der Waals surface area contributed by atoms with Gasteiger partial charge in [-0.2, -0.15) is 0 Å². The van der Waals surface area contributed by atoms with Crippen LogP contribution >= 0.6 is 0 Å². The summed E-state index contributed by atoms with van der Waals surface area (Å²) in [6, 6.07) is 0. The molecule has 0 radical (unpaired) electrons. The van der Waals surface area contributed by atoms with Gasteiger partial charge in [0.2, 0.25) is 6.54 Å². The van der Waals surface area contributed by atoms with E-state index >= 15 is 0 Å². The summed E-state index contributed by atoms with van der Waals surface area (Å²) in [7, 11) is 0. The highest BCUT2D eigenvalue weighted by atomic mass is 17.0. The molecule has 12 nitrogen and oxygen atoms in total. The van der Waals surface area contributed by atoms with E-state index in [1.807, 2.05) is 0 Å². The third-order valence-corrected chi connectivity index (χ3v) is 4.05. The van der Waals surface area contributed by atoms with Gasteiger partial charge in [-0.05, 0) is 26.7 Å². The van der Waals surface area contributed by atoms with Crippen molar-refractivity contribution >= 4 is 0 Å². The van der Waals surface area contributed by atoms with Crippen molar-refractivity contribution in [2.75, 3.05) is 6.54 Å². The maximum atomic E-state index is 11.4. The van der Waals surface area contributed by atoms with E-state index in [9.17, 15) is 30.3 Å². The van der Waals surface area contributed by atoms with Crippen LogP contribution in [0.5, 0.6) is 0 Å². The molecule has 0 aromatic carbocycles. The summed E-state index contributed by atoms with van der Waals surface area (Å²) in [5.74, 6) is -2.85. The molecule has 1 aliphatic rings. The molecule has 1 heterocycles. The molecular weight excluding hydrogens is 316 g/mol. The molecule has 1 rings (SSSR count). The number of hydrogen-bond acceptors (Lipinski definition) is 9. The molecule has 12 heteroatoms. The molecule has 0 aliphatic carbocycles. The van der Waals surface area contributed by atoms with Crippen molar-refractivity contribution < 1.29 is 24.4 Å². The summed E-state index contributed by atoms with van der Waals surface area (Å²) in [4.78, 5) is 41.3. The van der Waals surface area contributed by atoms with E-state index in [1.54, 1.807) is 13.8 Å². The summed E-state index contributed by atoms with van der Waals surface area (Å²) in [6.45, 7) is 5.36. The number of nitro groups is 3. The largest absolute Gasteiger partial charge is 0.569 e. The van der Waals surface area contributed by atoms with E-state index in [4.69, 9.17) is 9.68 Å². The highest BCUT2D eigenvalue weighted by molar-refractivity contribution is 4.85. The van der Waals surface area contributed by atoms with Crippen LogP contribution in [-0.4, -0.2) is 43.5 Å². The molecule has 0 aromatic rings. The van der Waals surface area contributed by atoms with Crippen molar-refractivity contribution in [3.63, 3.8) is 0 Å². The minimum absolute atomic E-state index is 0.0994. The van der Waals surface area contributed by atoms with Crippen LogP contribution in [0.2, 0.25) is 0 Å². The van der Waals surface area contributed by atoms with Crippen LogP contribution in [0.15, 0.2) is 0 Å². The Morgan fingerprint density at radius 3 is 2.09 bits per heavy atom. The van der Waals surface area contributed by atoms with Crippen molar-refractivity contribution in [3.05, 3.63) is 30.3 Å². The van der Waals surface area contributed by atoms with Gasteiger partial charge in [0.05, 0.1) is 5.23 Å². The summed E-state index contributed by atoms with van der Waals surface area (Å²) in [6.07, 6.45) is -0.189. The second-order valence-corrected chi connectivity index (χ2v) is 6.00. The number of hydrogen-bond donors (Lipinski definition) is 0. The van der Waals surface area contributed by atoms with Gasteiger partial charge in [-0.3, -0.25) is 35.2 Å². The van der Waals surface area contributed by atoms with Gasteiger partial charge in [0.15, 0.2) is 5.60 Å². The van der Waals surface area contributed by atoms with Crippen molar-refractivity contribution in [1.29, 1.82) is 0 Å². The molecule has 0 bridgehead atoms. The van der Waals surface area contributed by atoms with Crippen molar-refractivity contribution in [1.82, 2.24) is 5.23 Å². The highest BCUT2D eigenvalue weighted by Crippen LogP contribution is 2.43. The number of hydroxylamine groups is 2. The zero-order chi connectivity index (χ0) is 18.1. The Hall–Kier alpha value is -1.92. The van der Waals surface area contributed by atoms with Gasteiger partial charge in [-0.1, -0.05) is 13.8 Å². The fourth-order valence-electron chi connectivity index (χ4n) is 2.16. The topological polar surface area (TPSA) is 151 Å². The zero-order valence-electron chi connectivity index (χ0n) is 13.4. The fraction of sp³-hybridized carbons (Fsp3) is 1.00. The first-order chi connectivity index (χ1) is 10.4. The molecule has 0 N–H and O–H groups in total. The second-order valence-electron chi connectivity index (χ2n) is 6.00. The zero-order valence-corrected chi connectivity index (χ0v) is 13.4. The van der Waals surface area contributed by atoms with E-state index in [2.05, 4.69) is 0 Å². The summed E-state index contributed by atoms with van der Waals surface area (Å²) < 4.78 is 0. The average molecular weight is 336 g/mol. The molecule has 0 amide bonds. The first-order valence-corrected chi connectivity index (χ1v) is 7.04. The van der Waals surface area contributed by atoms with Crippen LogP contribution in [-0.2, 0) is 9.68 Å².